The van der Waals surface area contributed by atoms with Crippen LogP contribution in [0.5, 0.6) is 0 Å². The summed E-state index contributed by atoms with van der Waals surface area (Å²) in [5.74, 6) is -2.02. The van der Waals surface area contributed by atoms with Gasteiger partial charge in [-0.05, 0) is 48.1 Å². The summed E-state index contributed by atoms with van der Waals surface area (Å²) in [4.78, 5) is 24.2. The van der Waals surface area contributed by atoms with Crippen molar-refractivity contribution in [1.82, 2.24) is 10.6 Å². The molecule has 1 fully saturated rings. The van der Waals surface area contributed by atoms with Crippen molar-refractivity contribution < 1.29 is 24.2 Å². The summed E-state index contributed by atoms with van der Waals surface area (Å²) in [7, 11) is 0. The number of amides is 2. The Labute approximate surface area is 234 Å². The molecule has 5 N–H and O–H groups in total. The number of hydrogen-bond donors (Lipinski definition) is 5. The van der Waals surface area contributed by atoms with Crippen molar-refractivity contribution in [2.24, 2.45) is 5.41 Å². The van der Waals surface area contributed by atoms with E-state index in [-0.39, 0.29) is 35.4 Å². The zero-order chi connectivity index (χ0) is 28.7. The first-order valence-corrected chi connectivity index (χ1v) is 13.2. The summed E-state index contributed by atoms with van der Waals surface area (Å²) >= 11 is 12.1. The topological polar surface area (TPSA) is 111 Å². The van der Waals surface area contributed by atoms with Crippen molar-refractivity contribution in [3.05, 3.63) is 63.4 Å². The van der Waals surface area contributed by atoms with Crippen LogP contribution in [-0.2, 0) is 9.59 Å². The molecule has 2 aromatic rings. The van der Waals surface area contributed by atoms with Crippen LogP contribution in [0.1, 0.15) is 64.0 Å². The van der Waals surface area contributed by atoms with E-state index in [0.29, 0.717) is 34.6 Å². The van der Waals surface area contributed by atoms with Crippen LogP contribution in [0.15, 0.2) is 36.4 Å². The molecule has 3 rings (SSSR count). The van der Waals surface area contributed by atoms with E-state index in [1.165, 1.54) is 13.0 Å². The molecule has 7 nitrogen and oxygen atoms in total. The molecule has 3 unspecified atom stereocenters. The molecule has 10 heteroatoms. The van der Waals surface area contributed by atoms with Gasteiger partial charge in [0.2, 0.25) is 12.3 Å². The standard InChI is InChI=1S/C23H26Cl2FN3O4.C5H12/c1-23(33,11-30)7-8-27-22(32)21-19(15-3-2-4-17(25)20(15)26)16(10-28-21)14-6-5-13(24)9-18(14)29-12-31;1-5(2,3)4/h2-6,9,12,16,19,21,28,30,33H,7-8,10-11H2,1H3,(H,27,32)(H,29,31);1-4H3/t16?,19?,21-,23?;/m1./s1. The van der Waals surface area contributed by atoms with Crippen molar-refractivity contribution >= 4 is 41.2 Å². The molecule has 2 amide bonds. The highest BCUT2D eigenvalue weighted by Crippen LogP contribution is 2.44. The summed E-state index contributed by atoms with van der Waals surface area (Å²) in [5, 5.41) is 28.1. The van der Waals surface area contributed by atoms with Gasteiger partial charge in [0.25, 0.3) is 0 Å². The monoisotopic (exact) mass is 569 g/mol. The maximum atomic E-state index is 15.1. The lowest BCUT2D eigenvalue weighted by Crippen LogP contribution is -2.45. The molecule has 0 radical (unpaired) electrons. The first-order valence-electron chi connectivity index (χ1n) is 12.5. The molecule has 2 aromatic carbocycles. The van der Waals surface area contributed by atoms with Gasteiger partial charge in [0.15, 0.2) is 0 Å². The normalized spacial score (nSPS) is 20.6. The van der Waals surface area contributed by atoms with Crippen LogP contribution in [0.2, 0.25) is 10.0 Å². The number of anilines is 1. The van der Waals surface area contributed by atoms with E-state index < -0.39 is 30.0 Å². The fraction of sp³-hybridized carbons (Fsp3) is 0.500. The molecule has 1 heterocycles. The van der Waals surface area contributed by atoms with E-state index in [9.17, 15) is 19.8 Å². The van der Waals surface area contributed by atoms with Crippen molar-refractivity contribution in [2.75, 3.05) is 25.0 Å². The Balaban J connectivity index is 0.000000926. The number of carbonyl (C=O) groups is 2. The number of rotatable bonds is 9. The highest BCUT2D eigenvalue weighted by atomic mass is 35.5. The number of aliphatic hydroxyl groups excluding tert-OH is 1. The molecular formula is C28H38Cl2FN3O4. The number of carbonyl (C=O) groups excluding carboxylic acids is 2. The number of benzene rings is 2. The SMILES string of the molecule is CC(C)(C)C.CC(O)(CO)CCNC(=O)[C@@H]1NCC(c2ccc(Cl)cc2NC=O)C1c1cccc(Cl)c1F. The Morgan fingerprint density at radius 3 is 2.42 bits per heavy atom. The molecule has 0 aromatic heterocycles. The van der Waals surface area contributed by atoms with Crippen LogP contribution in [0, 0.1) is 11.2 Å². The van der Waals surface area contributed by atoms with Crippen LogP contribution in [0.4, 0.5) is 10.1 Å². The molecule has 38 heavy (non-hydrogen) atoms. The zero-order valence-electron chi connectivity index (χ0n) is 22.4. The van der Waals surface area contributed by atoms with Gasteiger partial charge in [-0.25, -0.2) is 4.39 Å². The van der Waals surface area contributed by atoms with Gasteiger partial charge in [-0.15, -0.1) is 0 Å². The highest BCUT2D eigenvalue weighted by Gasteiger charge is 2.44. The van der Waals surface area contributed by atoms with Crippen LogP contribution < -0.4 is 16.0 Å². The van der Waals surface area contributed by atoms with Gasteiger partial charge in [-0.3, -0.25) is 9.59 Å². The van der Waals surface area contributed by atoms with E-state index in [1.807, 2.05) is 0 Å². The van der Waals surface area contributed by atoms with Crippen LogP contribution >= 0.6 is 23.2 Å². The van der Waals surface area contributed by atoms with Crippen LogP contribution in [0.3, 0.4) is 0 Å². The number of aliphatic hydroxyl groups is 2. The second-order valence-corrected chi connectivity index (χ2v) is 12.2. The molecule has 0 saturated carbocycles. The third-order valence-corrected chi connectivity index (χ3v) is 6.43. The number of nitrogens with one attached hydrogen (secondary N) is 3. The van der Waals surface area contributed by atoms with Crippen LogP contribution in [-0.4, -0.2) is 53.9 Å². The van der Waals surface area contributed by atoms with Crippen molar-refractivity contribution in [3.63, 3.8) is 0 Å². The summed E-state index contributed by atoms with van der Waals surface area (Å²) in [5.41, 5.74) is 0.612. The van der Waals surface area contributed by atoms with E-state index >= 15 is 4.39 Å². The minimum absolute atomic E-state index is 0.0568. The highest BCUT2D eigenvalue weighted by molar-refractivity contribution is 6.31. The Morgan fingerprint density at radius 1 is 1.16 bits per heavy atom. The molecule has 1 saturated heterocycles. The Kier molecular flexibility index (Phi) is 11.5. The van der Waals surface area contributed by atoms with E-state index in [2.05, 4.69) is 43.6 Å². The van der Waals surface area contributed by atoms with E-state index in [1.54, 1.807) is 30.3 Å². The molecule has 4 atom stereocenters. The second-order valence-electron chi connectivity index (χ2n) is 11.4. The van der Waals surface area contributed by atoms with Crippen molar-refractivity contribution in [1.29, 1.82) is 0 Å². The van der Waals surface area contributed by atoms with Gasteiger partial charge >= 0.3 is 0 Å². The van der Waals surface area contributed by atoms with Gasteiger partial charge in [-0.1, -0.05) is 69.1 Å². The zero-order valence-corrected chi connectivity index (χ0v) is 24.0. The summed E-state index contributed by atoms with van der Waals surface area (Å²) in [6, 6.07) is 8.85. The summed E-state index contributed by atoms with van der Waals surface area (Å²) < 4.78 is 15.1. The third-order valence-electron chi connectivity index (χ3n) is 5.91. The summed E-state index contributed by atoms with van der Waals surface area (Å²) in [6.07, 6.45) is 0.677. The summed E-state index contributed by atoms with van der Waals surface area (Å²) in [6.45, 7) is 10.2. The average Bonchev–Trinajstić information content (AvgIpc) is 3.25. The second kappa shape index (κ2) is 13.7. The molecule has 0 aliphatic carbocycles. The fourth-order valence-corrected chi connectivity index (χ4v) is 4.51. The van der Waals surface area contributed by atoms with Gasteiger partial charge in [-0.2, -0.15) is 0 Å². The van der Waals surface area contributed by atoms with Crippen LogP contribution in [0.25, 0.3) is 0 Å². The lowest BCUT2D eigenvalue weighted by Gasteiger charge is -2.27. The lowest BCUT2D eigenvalue weighted by atomic mass is 9.79. The minimum atomic E-state index is -1.32. The molecule has 0 spiro atoms. The molecule has 210 valence electrons. The molecule has 0 bridgehead atoms. The van der Waals surface area contributed by atoms with Crippen molar-refractivity contribution in [3.8, 4) is 0 Å². The van der Waals surface area contributed by atoms with Gasteiger partial charge in [0, 0.05) is 35.6 Å². The predicted octanol–water partition coefficient (Wildman–Crippen LogP) is 4.84. The number of halogens is 3. The quantitative estimate of drug-likeness (QED) is 0.277. The largest absolute Gasteiger partial charge is 0.393 e. The lowest BCUT2D eigenvalue weighted by molar-refractivity contribution is -0.123. The number of hydrogen-bond acceptors (Lipinski definition) is 5. The molecule has 1 aliphatic rings. The van der Waals surface area contributed by atoms with Gasteiger partial charge < -0.3 is 26.2 Å². The Hall–Kier alpha value is -2.23. The average molecular weight is 571 g/mol. The maximum Gasteiger partial charge on any atom is 0.237 e. The fourth-order valence-electron chi connectivity index (χ4n) is 4.16. The first kappa shape index (κ1) is 32.0. The van der Waals surface area contributed by atoms with E-state index in [0.717, 1.165) is 0 Å². The predicted molar refractivity (Wildman–Crippen MR) is 150 cm³/mol. The van der Waals surface area contributed by atoms with Gasteiger partial charge in [0.05, 0.1) is 23.3 Å². The Bertz CT molecular complexity index is 1100. The van der Waals surface area contributed by atoms with E-state index in [4.69, 9.17) is 23.2 Å². The van der Waals surface area contributed by atoms with Crippen molar-refractivity contribution in [2.45, 2.75) is 64.5 Å². The molecular weight excluding hydrogens is 532 g/mol. The molecule has 1 aliphatic heterocycles. The first-order chi connectivity index (χ1) is 17.7. The smallest absolute Gasteiger partial charge is 0.237 e. The van der Waals surface area contributed by atoms with Gasteiger partial charge in [0.1, 0.15) is 5.82 Å². The minimum Gasteiger partial charge on any atom is -0.393 e. The Morgan fingerprint density at radius 2 is 1.82 bits per heavy atom. The third kappa shape index (κ3) is 9.20. The maximum absolute atomic E-state index is 15.1.